The van der Waals surface area contributed by atoms with Gasteiger partial charge in [-0.2, -0.15) is 0 Å². The van der Waals surface area contributed by atoms with Gasteiger partial charge in [-0.05, 0) is 18.9 Å². The first-order chi connectivity index (χ1) is 9.11. The second-order valence-corrected chi connectivity index (χ2v) is 4.53. The van der Waals surface area contributed by atoms with Crippen molar-refractivity contribution < 1.29 is 10.0 Å². The number of aromatic nitrogens is 1. The molecule has 7 nitrogen and oxygen atoms in total. The number of hydrogen-bond donors (Lipinski definition) is 3. The largest absolute Gasteiger partial charge is 0.409 e. The molecule has 1 saturated heterocycles. The lowest BCUT2D eigenvalue weighted by Crippen LogP contribution is -2.41. The number of nitrogens with two attached hydrogens (primary N) is 1. The van der Waals surface area contributed by atoms with E-state index in [-0.39, 0.29) is 23.2 Å². The number of likely N-dealkylation sites (tertiary alicyclic amines) is 1. The molecule has 1 aliphatic heterocycles. The maximum atomic E-state index is 12.2. The second kappa shape index (κ2) is 5.55. The highest BCUT2D eigenvalue weighted by molar-refractivity contribution is 5.94. The summed E-state index contributed by atoms with van der Waals surface area (Å²) in [5.41, 5.74) is 5.78. The molecule has 1 aromatic heterocycles. The minimum absolute atomic E-state index is 0.0182. The molecule has 0 atom stereocenters. The van der Waals surface area contributed by atoms with Crippen molar-refractivity contribution >= 4 is 11.7 Å². The van der Waals surface area contributed by atoms with Crippen LogP contribution in [-0.4, -0.2) is 39.9 Å². The number of pyridine rings is 1. The molecule has 1 amide bonds. The van der Waals surface area contributed by atoms with Crippen molar-refractivity contribution in [2.75, 3.05) is 13.1 Å². The van der Waals surface area contributed by atoms with Crippen molar-refractivity contribution in [2.24, 2.45) is 16.8 Å². The van der Waals surface area contributed by atoms with Crippen molar-refractivity contribution in [3.8, 4) is 0 Å². The molecule has 4 N–H and O–H groups in total. The third-order valence-corrected chi connectivity index (χ3v) is 3.35. The fraction of sp³-hybridized carbons (Fsp3) is 0.417. The minimum atomic E-state index is -0.234. The standard InChI is InChI=1S/C12H16N4O3/c13-11(15-19)8-3-5-16(6-4-8)12(18)9-1-2-10(17)14-7-9/h1-2,7-8,19H,3-6H2,(H2,13,15)(H,14,17). The number of oxime groups is 1. The zero-order chi connectivity index (χ0) is 13.8. The van der Waals surface area contributed by atoms with E-state index in [0.29, 0.717) is 31.5 Å². The molecule has 0 aromatic carbocycles. The Kier molecular flexibility index (Phi) is 3.84. The van der Waals surface area contributed by atoms with Gasteiger partial charge < -0.3 is 20.8 Å². The number of piperidine rings is 1. The molecular formula is C12H16N4O3. The Morgan fingerprint density at radius 1 is 1.42 bits per heavy atom. The minimum Gasteiger partial charge on any atom is -0.409 e. The van der Waals surface area contributed by atoms with E-state index in [0.717, 1.165) is 0 Å². The van der Waals surface area contributed by atoms with E-state index in [1.165, 1.54) is 18.3 Å². The zero-order valence-corrected chi connectivity index (χ0v) is 10.4. The normalized spacial score (nSPS) is 17.5. The number of carbonyl (C=O) groups excluding carboxylic acids is 1. The number of amides is 1. The lowest BCUT2D eigenvalue weighted by molar-refractivity contribution is 0.0708. The number of nitrogens with one attached hydrogen (secondary N) is 1. The molecule has 1 fully saturated rings. The number of rotatable bonds is 2. The van der Waals surface area contributed by atoms with Gasteiger partial charge in [0.15, 0.2) is 0 Å². The van der Waals surface area contributed by atoms with Crippen LogP contribution in [0.5, 0.6) is 0 Å². The number of aromatic amines is 1. The summed E-state index contributed by atoms with van der Waals surface area (Å²) in [4.78, 5) is 27.3. The molecule has 0 aliphatic carbocycles. The summed E-state index contributed by atoms with van der Waals surface area (Å²) in [6.07, 6.45) is 2.76. The molecule has 0 saturated carbocycles. The molecule has 7 heteroatoms. The summed E-state index contributed by atoms with van der Waals surface area (Å²) in [6.45, 7) is 1.11. The third kappa shape index (κ3) is 2.93. The Labute approximate surface area is 109 Å². The Morgan fingerprint density at radius 2 is 2.11 bits per heavy atom. The van der Waals surface area contributed by atoms with Crippen LogP contribution in [0.3, 0.4) is 0 Å². The Balaban J connectivity index is 2.00. The number of hydrogen-bond acceptors (Lipinski definition) is 4. The van der Waals surface area contributed by atoms with Gasteiger partial charge in [0, 0.05) is 31.3 Å². The molecular weight excluding hydrogens is 248 g/mol. The van der Waals surface area contributed by atoms with Crippen LogP contribution >= 0.6 is 0 Å². The van der Waals surface area contributed by atoms with Gasteiger partial charge in [0.05, 0.1) is 5.56 Å². The second-order valence-electron chi connectivity index (χ2n) is 4.53. The predicted molar refractivity (Wildman–Crippen MR) is 69.1 cm³/mol. The van der Waals surface area contributed by atoms with Gasteiger partial charge in [-0.25, -0.2) is 0 Å². The van der Waals surface area contributed by atoms with Crippen LogP contribution in [0.2, 0.25) is 0 Å². The van der Waals surface area contributed by atoms with Gasteiger partial charge in [0.2, 0.25) is 5.56 Å². The van der Waals surface area contributed by atoms with Crippen molar-refractivity contribution in [3.05, 3.63) is 34.2 Å². The fourth-order valence-electron chi connectivity index (χ4n) is 2.19. The molecule has 19 heavy (non-hydrogen) atoms. The molecule has 2 heterocycles. The van der Waals surface area contributed by atoms with E-state index >= 15 is 0 Å². The summed E-state index contributed by atoms with van der Waals surface area (Å²) in [7, 11) is 0. The van der Waals surface area contributed by atoms with Gasteiger partial charge in [-0.1, -0.05) is 5.16 Å². The van der Waals surface area contributed by atoms with Gasteiger partial charge in [0.1, 0.15) is 5.84 Å². The lowest BCUT2D eigenvalue weighted by atomic mass is 9.95. The van der Waals surface area contributed by atoms with Gasteiger partial charge in [0.25, 0.3) is 5.91 Å². The van der Waals surface area contributed by atoms with Crippen LogP contribution in [0.15, 0.2) is 28.3 Å². The van der Waals surface area contributed by atoms with Gasteiger partial charge in [-0.3, -0.25) is 9.59 Å². The number of nitrogens with zero attached hydrogens (tertiary/aromatic N) is 2. The third-order valence-electron chi connectivity index (χ3n) is 3.35. The first kappa shape index (κ1) is 13.1. The first-order valence-corrected chi connectivity index (χ1v) is 6.07. The zero-order valence-electron chi connectivity index (χ0n) is 10.4. The SMILES string of the molecule is N/C(=N/O)C1CCN(C(=O)c2ccc(=O)[nH]c2)CC1. The highest BCUT2D eigenvalue weighted by atomic mass is 16.4. The molecule has 2 rings (SSSR count). The van der Waals surface area contributed by atoms with Gasteiger partial charge >= 0.3 is 0 Å². The summed E-state index contributed by atoms with van der Waals surface area (Å²) >= 11 is 0. The smallest absolute Gasteiger partial charge is 0.255 e. The van der Waals surface area contributed by atoms with Crippen molar-refractivity contribution in [1.29, 1.82) is 0 Å². The van der Waals surface area contributed by atoms with E-state index < -0.39 is 0 Å². The van der Waals surface area contributed by atoms with Gasteiger partial charge in [-0.15, -0.1) is 0 Å². The average Bonchev–Trinajstić information content (AvgIpc) is 2.46. The number of amidine groups is 1. The highest BCUT2D eigenvalue weighted by Gasteiger charge is 2.25. The van der Waals surface area contributed by atoms with Crippen molar-refractivity contribution in [3.63, 3.8) is 0 Å². The average molecular weight is 264 g/mol. The van der Waals surface area contributed by atoms with Crippen LogP contribution in [0, 0.1) is 5.92 Å². The van der Waals surface area contributed by atoms with Crippen molar-refractivity contribution in [1.82, 2.24) is 9.88 Å². The summed E-state index contributed by atoms with van der Waals surface area (Å²) in [5.74, 6) is 0.120. The quantitative estimate of drug-likeness (QED) is 0.301. The van der Waals surface area contributed by atoms with E-state index in [9.17, 15) is 9.59 Å². The fourth-order valence-corrected chi connectivity index (χ4v) is 2.19. The maximum absolute atomic E-state index is 12.2. The summed E-state index contributed by atoms with van der Waals surface area (Å²) in [5, 5.41) is 11.6. The highest BCUT2D eigenvalue weighted by Crippen LogP contribution is 2.18. The predicted octanol–water partition coefficient (Wildman–Crippen LogP) is -0.0265. The topological polar surface area (TPSA) is 112 Å². The lowest BCUT2D eigenvalue weighted by Gasteiger charge is -2.31. The Bertz CT molecular complexity index is 524. The van der Waals surface area contributed by atoms with E-state index in [2.05, 4.69) is 10.1 Å². The van der Waals surface area contributed by atoms with Crippen LogP contribution in [0.4, 0.5) is 0 Å². The number of carbonyl (C=O) groups is 1. The van der Waals surface area contributed by atoms with Crippen LogP contribution in [0.1, 0.15) is 23.2 Å². The molecule has 0 spiro atoms. The maximum Gasteiger partial charge on any atom is 0.255 e. The molecule has 0 radical (unpaired) electrons. The van der Waals surface area contributed by atoms with Crippen LogP contribution in [-0.2, 0) is 0 Å². The van der Waals surface area contributed by atoms with Crippen molar-refractivity contribution in [2.45, 2.75) is 12.8 Å². The molecule has 1 aliphatic rings. The van der Waals surface area contributed by atoms with Crippen LogP contribution in [0.25, 0.3) is 0 Å². The molecule has 0 bridgehead atoms. The number of H-pyrrole nitrogens is 1. The van der Waals surface area contributed by atoms with E-state index in [1.54, 1.807) is 4.90 Å². The Hall–Kier alpha value is -2.31. The molecule has 102 valence electrons. The molecule has 0 unspecified atom stereocenters. The summed E-state index contributed by atoms with van der Waals surface area (Å²) in [6, 6.07) is 2.84. The Morgan fingerprint density at radius 3 is 2.63 bits per heavy atom. The molecule has 1 aromatic rings. The monoisotopic (exact) mass is 264 g/mol. The van der Waals surface area contributed by atoms with E-state index in [4.69, 9.17) is 10.9 Å². The van der Waals surface area contributed by atoms with E-state index in [1.807, 2.05) is 0 Å². The summed E-state index contributed by atoms with van der Waals surface area (Å²) < 4.78 is 0. The first-order valence-electron chi connectivity index (χ1n) is 6.07. The van der Waals surface area contributed by atoms with Crippen LogP contribution < -0.4 is 11.3 Å².